The fourth-order valence-corrected chi connectivity index (χ4v) is 5.11. The van der Waals surface area contributed by atoms with Crippen molar-refractivity contribution in [1.29, 1.82) is 0 Å². The second-order valence-electron chi connectivity index (χ2n) is 8.32. The number of anilines is 1. The van der Waals surface area contributed by atoms with Crippen LogP contribution in [0.15, 0.2) is 71.6 Å². The minimum absolute atomic E-state index is 0.158. The van der Waals surface area contributed by atoms with E-state index in [1.165, 1.54) is 11.8 Å². The molecule has 5 rings (SSSR count). The van der Waals surface area contributed by atoms with Gasteiger partial charge in [0.1, 0.15) is 15.8 Å². The molecule has 194 valence electrons. The molecule has 0 saturated carbocycles. The fourth-order valence-electron chi connectivity index (χ4n) is 3.85. The van der Waals surface area contributed by atoms with Gasteiger partial charge in [-0.1, -0.05) is 42.2 Å². The number of nitrogens with one attached hydrogen (secondary N) is 1. The van der Waals surface area contributed by atoms with Crippen LogP contribution in [0.25, 0.3) is 6.08 Å². The monoisotopic (exact) mass is 548 g/mol. The number of thiocarbonyl (C=S) groups is 1. The van der Waals surface area contributed by atoms with Crippen LogP contribution in [0.1, 0.15) is 18.1 Å². The zero-order valence-electron chi connectivity index (χ0n) is 20.5. The van der Waals surface area contributed by atoms with E-state index in [1.54, 1.807) is 53.4 Å². The highest BCUT2D eigenvalue weighted by atomic mass is 32.2. The highest BCUT2D eigenvalue weighted by Gasteiger charge is 2.32. The second kappa shape index (κ2) is 11.6. The van der Waals surface area contributed by atoms with E-state index in [4.69, 9.17) is 31.2 Å². The number of hydrogen-bond donors (Lipinski definition) is 1. The summed E-state index contributed by atoms with van der Waals surface area (Å²) in [6.45, 7) is 2.86. The van der Waals surface area contributed by atoms with Crippen molar-refractivity contribution in [2.75, 3.05) is 25.3 Å². The smallest absolute Gasteiger partial charge is 0.266 e. The molecule has 2 aliphatic rings. The Morgan fingerprint density at radius 1 is 1.05 bits per heavy atom. The molecule has 10 heteroatoms. The summed E-state index contributed by atoms with van der Waals surface area (Å²) in [5.41, 5.74) is 2.31. The zero-order chi connectivity index (χ0) is 26.5. The van der Waals surface area contributed by atoms with Gasteiger partial charge in [0.25, 0.3) is 11.8 Å². The summed E-state index contributed by atoms with van der Waals surface area (Å²) in [5.74, 6) is 2.14. The van der Waals surface area contributed by atoms with Gasteiger partial charge in [0.15, 0.2) is 18.1 Å². The first-order valence-corrected chi connectivity index (χ1v) is 13.1. The van der Waals surface area contributed by atoms with Gasteiger partial charge in [-0.15, -0.1) is 0 Å². The minimum atomic E-state index is -0.288. The van der Waals surface area contributed by atoms with Gasteiger partial charge in [0.05, 0.1) is 18.1 Å². The molecule has 0 unspecified atom stereocenters. The summed E-state index contributed by atoms with van der Waals surface area (Å²) >= 11 is 6.72. The predicted molar refractivity (Wildman–Crippen MR) is 149 cm³/mol. The lowest BCUT2D eigenvalue weighted by molar-refractivity contribution is -0.122. The molecule has 0 aromatic heterocycles. The van der Waals surface area contributed by atoms with Crippen molar-refractivity contribution in [1.82, 2.24) is 4.90 Å². The molecule has 1 N–H and O–H groups in total. The quantitative estimate of drug-likeness (QED) is 0.287. The molecular formula is C28H24N2O6S2. The van der Waals surface area contributed by atoms with Gasteiger partial charge >= 0.3 is 0 Å². The van der Waals surface area contributed by atoms with Crippen molar-refractivity contribution < 1.29 is 28.5 Å². The third kappa shape index (κ3) is 6.09. The molecule has 2 aliphatic heterocycles. The number of amides is 2. The van der Waals surface area contributed by atoms with E-state index >= 15 is 0 Å². The number of nitrogens with zero attached hydrogens (tertiary/aromatic N) is 1. The molecule has 0 aliphatic carbocycles. The standard InChI is InChI=1S/C28H24N2O6S2/c1-2-33-21-9-7-20(8-10-21)29-26(31)16-34-22-5-3-4-18(12-22)14-25-27(32)30(28(37)38-25)15-19-6-11-23-24(13-19)36-17-35-23/h3-14H,2,15-17H2,1H3,(H,29,31)/b25-14-. The molecule has 8 nitrogen and oxygen atoms in total. The van der Waals surface area contributed by atoms with Crippen LogP contribution in [0, 0.1) is 0 Å². The van der Waals surface area contributed by atoms with E-state index in [1.807, 2.05) is 31.2 Å². The molecule has 0 bridgehead atoms. The molecule has 38 heavy (non-hydrogen) atoms. The maximum atomic E-state index is 13.1. The van der Waals surface area contributed by atoms with Gasteiger partial charge in [-0.25, -0.2) is 0 Å². The van der Waals surface area contributed by atoms with Gasteiger partial charge in [0.2, 0.25) is 6.79 Å². The first-order valence-electron chi connectivity index (χ1n) is 11.9. The summed E-state index contributed by atoms with van der Waals surface area (Å²) < 4.78 is 22.3. The summed E-state index contributed by atoms with van der Waals surface area (Å²) in [4.78, 5) is 27.5. The lowest BCUT2D eigenvalue weighted by atomic mass is 10.1. The molecule has 0 radical (unpaired) electrons. The predicted octanol–water partition coefficient (Wildman–Crippen LogP) is 5.23. The Balaban J connectivity index is 1.18. The Kier molecular flexibility index (Phi) is 7.81. The third-order valence-corrected chi connectivity index (χ3v) is 7.00. The molecule has 2 amide bonds. The summed E-state index contributed by atoms with van der Waals surface area (Å²) in [6.07, 6.45) is 1.77. The Hall–Kier alpha value is -4.02. The van der Waals surface area contributed by atoms with Crippen molar-refractivity contribution >= 4 is 51.9 Å². The van der Waals surface area contributed by atoms with Crippen LogP contribution in [-0.2, 0) is 16.1 Å². The fraction of sp³-hybridized carbons (Fsp3) is 0.179. The van der Waals surface area contributed by atoms with Gasteiger partial charge in [-0.05, 0) is 72.7 Å². The summed E-state index contributed by atoms with van der Waals surface area (Å²) in [6, 6.07) is 19.9. The number of carbonyl (C=O) groups excluding carboxylic acids is 2. The first kappa shape index (κ1) is 25.6. The molecule has 3 aromatic carbocycles. The molecule has 0 spiro atoms. The highest BCUT2D eigenvalue weighted by Crippen LogP contribution is 2.36. The van der Waals surface area contributed by atoms with Crippen LogP contribution in [0.5, 0.6) is 23.0 Å². The number of ether oxygens (including phenoxy) is 4. The van der Waals surface area contributed by atoms with E-state index < -0.39 is 0 Å². The normalized spacial score (nSPS) is 15.2. The number of hydrogen-bond acceptors (Lipinski definition) is 8. The molecule has 2 heterocycles. The average Bonchev–Trinajstić information content (AvgIpc) is 3.49. The molecule has 1 saturated heterocycles. The molecule has 1 fully saturated rings. The third-order valence-electron chi connectivity index (χ3n) is 5.63. The summed E-state index contributed by atoms with van der Waals surface area (Å²) in [5, 5.41) is 2.79. The van der Waals surface area contributed by atoms with Gasteiger partial charge in [-0.3, -0.25) is 14.5 Å². The number of benzene rings is 3. The molecule has 3 aromatic rings. The van der Waals surface area contributed by atoms with E-state index in [0.717, 1.165) is 16.9 Å². The largest absolute Gasteiger partial charge is 0.494 e. The van der Waals surface area contributed by atoms with Gasteiger partial charge < -0.3 is 24.3 Å². The second-order valence-corrected chi connectivity index (χ2v) is 10.00. The summed E-state index contributed by atoms with van der Waals surface area (Å²) in [7, 11) is 0. The van der Waals surface area contributed by atoms with Crippen molar-refractivity contribution in [3.63, 3.8) is 0 Å². The van der Waals surface area contributed by atoms with Crippen molar-refractivity contribution in [3.8, 4) is 23.0 Å². The van der Waals surface area contributed by atoms with Crippen LogP contribution >= 0.6 is 24.0 Å². The Labute approximate surface area is 229 Å². The maximum Gasteiger partial charge on any atom is 0.266 e. The van der Waals surface area contributed by atoms with E-state index in [2.05, 4.69) is 5.32 Å². The van der Waals surface area contributed by atoms with Crippen molar-refractivity contribution in [3.05, 3.63) is 82.8 Å². The zero-order valence-corrected chi connectivity index (χ0v) is 22.1. The lowest BCUT2D eigenvalue weighted by Gasteiger charge is -2.14. The highest BCUT2D eigenvalue weighted by molar-refractivity contribution is 8.26. The van der Waals surface area contributed by atoms with Crippen LogP contribution in [0.4, 0.5) is 5.69 Å². The van der Waals surface area contributed by atoms with Crippen molar-refractivity contribution in [2.24, 2.45) is 0 Å². The van der Waals surface area contributed by atoms with Crippen LogP contribution in [-0.4, -0.2) is 41.0 Å². The van der Waals surface area contributed by atoms with Gasteiger partial charge in [0, 0.05) is 5.69 Å². The van der Waals surface area contributed by atoms with Crippen molar-refractivity contribution in [2.45, 2.75) is 13.5 Å². The van der Waals surface area contributed by atoms with Gasteiger partial charge in [-0.2, -0.15) is 0 Å². The first-order chi connectivity index (χ1) is 18.5. The Morgan fingerprint density at radius 2 is 1.87 bits per heavy atom. The Morgan fingerprint density at radius 3 is 2.68 bits per heavy atom. The Bertz CT molecular complexity index is 1410. The SMILES string of the molecule is CCOc1ccc(NC(=O)COc2cccc(/C=C3\SC(=S)N(Cc4ccc5c(c4)OCO5)C3=O)c2)cc1. The van der Waals surface area contributed by atoms with Crippen LogP contribution in [0.2, 0.25) is 0 Å². The average molecular weight is 549 g/mol. The molecule has 0 atom stereocenters. The topological polar surface area (TPSA) is 86.3 Å². The lowest BCUT2D eigenvalue weighted by Crippen LogP contribution is -2.27. The number of fused-ring (bicyclic) bond motifs is 1. The van der Waals surface area contributed by atoms with Crippen LogP contribution in [0.3, 0.4) is 0 Å². The maximum absolute atomic E-state index is 13.1. The number of rotatable bonds is 9. The van der Waals surface area contributed by atoms with E-state index in [9.17, 15) is 9.59 Å². The minimum Gasteiger partial charge on any atom is -0.494 e. The van der Waals surface area contributed by atoms with Crippen LogP contribution < -0.4 is 24.3 Å². The molecular weight excluding hydrogens is 524 g/mol. The van der Waals surface area contributed by atoms with E-state index in [-0.39, 0.29) is 25.2 Å². The van der Waals surface area contributed by atoms with E-state index in [0.29, 0.717) is 45.3 Å². The number of thioether (sulfide) groups is 1. The number of carbonyl (C=O) groups is 2.